The average molecular weight is 296 g/mol. The molecule has 0 aliphatic heterocycles. The number of ketones is 1. The van der Waals surface area contributed by atoms with E-state index in [1.165, 1.54) is 0 Å². The molecule has 0 aliphatic carbocycles. The highest BCUT2D eigenvalue weighted by atomic mass is 35.5. The van der Waals surface area contributed by atoms with Gasteiger partial charge in [0.25, 0.3) is 5.91 Å². The molecule has 9 heteroatoms. The molecular weight excluding hydrogens is 285 g/mol. The summed E-state index contributed by atoms with van der Waals surface area (Å²) in [6, 6.07) is -1.04. The van der Waals surface area contributed by atoms with Crippen LogP contribution in [0.25, 0.3) is 5.53 Å². The minimum Gasteiger partial charge on any atom is -0.467 e. The van der Waals surface area contributed by atoms with E-state index < -0.39 is 28.5 Å². The molecule has 0 aromatic rings. The summed E-state index contributed by atoms with van der Waals surface area (Å²) < 4.78 is 4.45. The molecule has 7 nitrogen and oxygen atoms in total. The number of carbonyl (C=O) groups is 3. The van der Waals surface area contributed by atoms with Crippen LogP contribution in [0.15, 0.2) is 0 Å². The fourth-order valence-electron chi connectivity index (χ4n) is 1.04. The van der Waals surface area contributed by atoms with E-state index in [0.717, 1.165) is 7.11 Å². The predicted octanol–water partition coefficient (Wildman–Crippen LogP) is 0.0978. The molecule has 18 heavy (non-hydrogen) atoms. The number of carbonyl (C=O) groups excluding carboxylic acids is 3. The maximum atomic E-state index is 11.3. The molecule has 1 unspecified atom stereocenters. The number of methoxy groups -OCH3 is 1. The first-order valence-corrected chi connectivity index (χ1v) is 5.66. The van der Waals surface area contributed by atoms with Crippen molar-refractivity contribution < 1.29 is 23.9 Å². The van der Waals surface area contributed by atoms with Crippen LogP contribution in [0.4, 0.5) is 0 Å². The van der Waals surface area contributed by atoms with Gasteiger partial charge in [0, 0.05) is 6.42 Å². The van der Waals surface area contributed by atoms with Gasteiger partial charge in [0.15, 0.2) is 4.84 Å². The van der Waals surface area contributed by atoms with E-state index in [4.69, 9.17) is 28.7 Å². The lowest BCUT2D eigenvalue weighted by Gasteiger charge is -2.15. The molecule has 1 N–H and O–H groups in total. The lowest BCUT2D eigenvalue weighted by Crippen LogP contribution is -2.44. The van der Waals surface area contributed by atoms with Gasteiger partial charge in [-0.25, -0.2) is 4.79 Å². The van der Waals surface area contributed by atoms with Crippen LogP contribution in [0.5, 0.6) is 0 Å². The second-order valence-corrected chi connectivity index (χ2v) is 4.23. The first-order valence-electron chi connectivity index (χ1n) is 4.79. The molecule has 0 saturated heterocycles. The molecule has 0 bridgehead atoms. The summed E-state index contributed by atoms with van der Waals surface area (Å²) in [5.74, 6) is -2.00. The predicted molar refractivity (Wildman–Crippen MR) is 63.4 cm³/mol. The molecule has 0 saturated carbocycles. The molecule has 0 aromatic heterocycles. The van der Waals surface area contributed by atoms with Crippen molar-refractivity contribution in [3.8, 4) is 0 Å². The Morgan fingerprint density at radius 2 is 2.06 bits per heavy atom. The summed E-state index contributed by atoms with van der Waals surface area (Å²) in [6.45, 7) is 0. The Bertz CT molecular complexity index is 380. The largest absolute Gasteiger partial charge is 0.467 e. The highest BCUT2D eigenvalue weighted by Crippen LogP contribution is 2.05. The van der Waals surface area contributed by atoms with Crippen molar-refractivity contribution in [2.45, 2.75) is 23.7 Å². The van der Waals surface area contributed by atoms with E-state index >= 15 is 0 Å². The third-order valence-electron chi connectivity index (χ3n) is 1.88. The number of hydrogen-bond acceptors (Lipinski definition) is 4. The number of ether oxygens (including phenoxy) is 1. The summed E-state index contributed by atoms with van der Waals surface area (Å²) in [6.07, 6.45) is 0.561. The van der Waals surface area contributed by atoms with Gasteiger partial charge >= 0.3 is 12.2 Å². The Morgan fingerprint density at radius 3 is 2.50 bits per heavy atom. The van der Waals surface area contributed by atoms with Gasteiger partial charge < -0.3 is 15.6 Å². The number of Topliss-reactive ketones (excluding diaryl/α,β-unsaturated/α-hetero) is 1. The zero-order valence-electron chi connectivity index (χ0n) is 9.43. The number of nitrogens with zero attached hydrogens (tertiary/aromatic N) is 2. The van der Waals surface area contributed by atoms with Crippen LogP contribution in [-0.4, -0.2) is 46.7 Å². The van der Waals surface area contributed by atoms with Crippen LogP contribution in [0.1, 0.15) is 12.8 Å². The summed E-state index contributed by atoms with van der Waals surface area (Å²) in [4.78, 5) is 34.8. The minimum absolute atomic E-state index is 0.0240. The fourth-order valence-corrected chi connectivity index (χ4v) is 1.17. The highest BCUT2D eigenvalue weighted by Gasteiger charge is 2.24. The van der Waals surface area contributed by atoms with Gasteiger partial charge in [0.05, 0.1) is 7.11 Å². The zero-order valence-corrected chi connectivity index (χ0v) is 10.9. The Hall–Kier alpha value is -1.43. The second kappa shape index (κ2) is 8.63. The molecule has 0 spiro atoms. The number of esters is 1. The van der Waals surface area contributed by atoms with E-state index in [1.807, 2.05) is 0 Å². The lowest BCUT2D eigenvalue weighted by molar-refractivity contribution is -0.145. The van der Waals surface area contributed by atoms with Gasteiger partial charge in [0.2, 0.25) is 5.78 Å². The first-order chi connectivity index (χ1) is 8.42. The normalized spacial score (nSPS) is 11.3. The molecular formula is C9H11Cl2N3O4. The molecule has 0 fully saturated rings. The van der Waals surface area contributed by atoms with Gasteiger partial charge in [-0.15, -0.1) is 0 Å². The van der Waals surface area contributed by atoms with Gasteiger partial charge in [0.1, 0.15) is 6.04 Å². The van der Waals surface area contributed by atoms with Gasteiger partial charge in [-0.1, -0.05) is 23.2 Å². The van der Waals surface area contributed by atoms with Crippen LogP contribution in [0, 0.1) is 0 Å². The van der Waals surface area contributed by atoms with Crippen molar-refractivity contribution >= 4 is 47.1 Å². The first kappa shape index (κ1) is 16.6. The van der Waals surface area contributed by atoms with Gasteiger partial charge in [-0.2, -0.15) is 4.79 Å². The molecule has 0 rings (SSSR count). The molecule has 1 atom stereocenters. The summed E-state index contributed by atoms with van der Waals surface area (Å²) in [5, 5.41) is 2.23. The highest BCUT2D eigenvalue weighted by molar-refractivity contribution is 6.53. The Morgan fingerprint density at radius 1 is 1.44 bits per heavy atom. The van der Waals surface area contributed by atoms with E-state index in [2.05, 4.69) is 14.8 Å². The SMILES string of the molecule is COC(=O)C(CCC(=O)C=[N+]=[N-])NC(=O)C(Cl)Cl. The average Bonchev–Trinajstić information content (AvgIpc) is 2.33. The number of rotatable bonds is 7. The molecule has 0 heterocycles. The van der Waals surface area contributed by atoms with Gasteiger partial charge in [-0.3, -0.25) is 9.59 Å². The third-order valence-corrected chi connectivity index (χ3v) is 2.28. The molecule has 1 amide bonds. The van der Waals surface area contributed by atoms with Crippen molar-refractivity contribution in [2.75, 3.05) is 7.11 Å². The van der Waals surface area contributed by atoms with Crippen molar-refractivity contribution in [1.29, 1.82) is 0 Å². The van der Waals surface area contributed by atoms with Crippen molar-refractivity contribution in [3.05, 3.63) is 5.53 Å². The fraction of sp³-hybridized carbons (Fsp3) is 0.556. The number of nitrogens with one attached hydrogen (secondary N) is 1. The van der Waals surface area contributed by atoms with Gasteiger partial charge in [-0.05, 0) is 6.42 Å². The quantitative estimate of drug-likeness (QED) is 0.236. The van der Waals surface area contributed by atoms with Crippen LogP contribution in [-0.2, 0) is 19.1 Å². The van der Waals surface area contributed by atoms with Crippen LogP contribution >= 0.6 is 23.2 Å². The van der Waals surface area contributed by atoms with Crippen LogP contribution in [0.3, 0.4) is 0 Å². The summed E-state index contributed by atoms with van der Waals surface area (Å²) in [5.41, 5.74) is 8.13. The minimum atomic E-state index is -1.33. The standard InChI is InChI=1S/C9H11Cl2N3O4/c1-18-9(17)6(14-8(16)7(10)11)3-2-5(15)4-13-12/h4,6-7H,2-3H2,1H3,(H,14,16). The molecule has 0 aromatic carbocycles. The Balaban J connectivity index is 4.50. The summed E-state index contributed by atoms with van der Waals surface area (Å²) in [7, 11) is 1.14. The smallest absolute Gasteiger partial charge is 0.328 e. The molecule has 0 radical (unpaired) electrons. The maximum absolute atomic E-state index is 11.3. The van der Waals surface area contributed by atoms with E-state index in [0.29, 0.717) is 6.21 Å². The third kappa shape index (κ3) is 6.34. The number of amides is 1. The van der Waals surface area contributed by atoms with E-state index in [-0.39, 0.29) is 12.8 Å². The van der Waals surface area contributed by atoms with E-state index in [1.54, 1.807) is 0 Å². The Kier molecular flexibility index (Phi) is 7.94. The van der Waals surface area contributed by atoms with Crippen molar-refractivity contribution in [2.24, 2.45) is 0 Å². The van der Waals surface area contributed by atoms with E-state index in [9.17, 15) is 14.4 Å². The monoisotopic (exact) mass is 295 g/mol. The maximum Gasteiger partial charge on any atom is 0.328 e. The Labute approximate surface area is 113 Å². The van der Waals surface area contributed by atoms with Crippen molar-refractivity contribution in [3.63, 3.8) is 0 Å². The number of alkyl halides is 2. The van der Waals surface area contributed by atoms with Crippen LogP contribution in [0.2, 0.25) is 0 Å². The zero-order chi connectivity index (χ0) is 14.1. The molecule has 100 valence electrons. The summed E-state index contributed by atoms with van der Waals surface area (Å²) >= 11 is 10.6. The second-order valence-electron chi connectivity index (χ2n) is 3.13. The van der Waals surface area contributed by atoms with Crippen LogP contribution < -0.4 is 5.32 Å². The number of hydrogen-bond donors (Lipinski definition) is 1. The molecule has 0 aliphatic rings. The van der Waals surface area contributed by atoms with Crippen molar-refractivity contribution in [1.82, 2.24) is 5.32 Å². The topological polar surface area (TPSA) is 109 Å². The lowest BCUT2D eigenvalue weighted by atomic mass is 10.1. The number of halogens is 2.